The molecule has 0 aliphatic carbocycles. The van der Waals surface area contributed by atoms with E-state index in [4.69, 9.17) is 9.47 Å². The Morgan fingerprint density at radius 3 is 2.71 bits per heavy atom. The van der Waals surface area contributed by atoms with Crippen molar-refractivity contribution in [3.05, 3.63) is 65.2 Å². The quantitative estimate of drug-likeness (QED) is 0.877. The van der Waals surface area contributed by atoms with Gasteiger partial charge in [-0.3, -0.25) is 4.79 Å². The molecule has 2 aromatic carbocycles. The van der Waals surface area contributed by atoms with Gasteiger partial charge in [0.05, 0.1) is 12.7 Å². The first-order chi connectivity index (χ1) is 11.5. The Morgan fingerprint density at radius 1 is 1.21 bits per heavy atom. The number of rotatable bonds is 4. The van der Waals surface area contributed by atoms with Gasteiger partial charge in [0.25, 0.3) is 5.91 Å². The van der Waals surface area contributed by atoms with Crippen LogP contribution in [-0.2, 0) is 22.5 Å². The van der Waals surface area contributed by atoms with E-state index in [0.717, 1.165) is 11.1 Å². The Kier molecular flexibility index (Phi) is 4.25. The Morgan fingerprint density at radius 2 is 1.92 bits per heavy atom. The third-order valence-corrected chi connectivity index (χ3v) is 4.20. The van der Waals surface area contributed by atoms with Crippen LogP contribution in [0, 0.1) is 0 Å². The third kappa shape index (κ3) is 2.97. The average molecular weight is 325 g/mol. The summed E-state index contributed by atoms with van der Waals surface area (Å²) in [7, 11) is 1.59. The molecule has 3 rings (SSSR count). The zero-order valence-electron chi connectivity index (χ0n) is 13.7. The van der Waals surface area contributed by atoms with Crippen molar-refractivity contribution in [2.75, 3.05) is 7.11 Å². The fourth-order valence-electron chi connectivity index (χ4n) is 2.87. The molecule has 0 aromatic heterocycles. The number of hydrogen-bond donors (Lipinski definition) is 1. The van der Waals surface area contributed by atoms with Gasteiger partial charge in [-0.2, -0.15) is 0 Å². The zero-order valence-corrected chi connectivity index (χ0v) is 13.7. The minimum absolute atomic E-state index is 0.303. The lowest BCUT2D eigenvalue weighted by molar-refractivity contribution is -0.140. The summed E-state index contributed by atoms with van der Waals surface area (Å²) in [5.74, 6) is -0.0861. The lowest BCUT2D eigenvalue weighted by Crippen LogP contribution is -2.51. The number of methoxy groups -OCH3 is 1. The fraction of sp³-hybridized carbons (Fsp3) is 0.263. The molecule has 5 nitrogen and oxygen atoms in total. The number of carbonyl (C=O) groups is 2. The summed E-state index contributed by atoms with van der Waals surface area (Å²) in [5.41, 5.74) is 0.990. The minimum Gasteiger partial charge on any atom is -0.496 e. The summed E-state index contributed by atoms with van der Waals surface area (Å²) in [5, 5.41) is 2.84. The Labute approximate surface area is 140 Å². The Balaban J connectivity index is 1.74. The van der Waals surface area contributed by atoms with E-state index in [2.05, 4.69) is 5.32 Å². The first-order valence-electron chi connectivity index (χ1n) is 7.75. The molecule has 1 aliphatic rings. The van der Waals surface area contributed by atoms with E-state index >= 15 is 0 Å². The minimum atomic E-state index is -1.21. The topological polar surface area (TPSA) is 64.6 Å². The molecule has 24 heavy (non-hydrogen) atoms. The van der Waals surface area contributed by atoms with E-state index < -0.39 is 11.6 Å². The number of ether oxygens (including phenoxy) is 2. The molecular formula is C19H19NO4. The van der Waals surface area contributed by atoms with Crippen LogP contribution < -0.4 is 10.1 Å². The lowest BCUT2D eigenvalue weighted by Gasteiger charge is -2.33. The fourth-order valence-corrected chi connectivity index (χ4v) is 2.87. The Bertz CT molecular complexity index is 786. The van der Waals surface area contributed by atoms with E-state index in [1.54, 1.807) is 26.2 Å². The van der Waals surface area contributed by atoms with Gasteiger partial charge in [-0.25, -0.2) is 4.79 Å². The van der Waals surface area contributed by atoms with Crippen molar-refractivity contribution in [3.63, 3.8) is 0 Å². The van der Waals surface area contributed by atoms with Crippen LogP contribution >= 0.6 is 0 Å². The molecule has 0 bridgehead atoms. The van der Waals surface area contributed by atoms with Gasteiger partial charge in [0.2, 0.25) is 0 Å². The number of hydrogen-bond acceptors (Lipinski definition) is 4. The third-order valence-electron chi connectivity index (χ3n) is 4.20. The van der Waals surface area contributed by atoms with Crippen LogP contribution in [0.3, 0.4) is 0 Å². The van der Waals surface area contributed by atoms with Gasteiger partial charge < -0.3 is 14.8 Å². The van der Waals surface area contributed by atoms with Gasteiger partial charge in [-0.05, 0) is 24.6 Å². The highest BCUT2D eigenvalue weighted by Gasteiger charge is 2.42. The molecule has 2 aromatic rings. The van der Waals surface area contributed by atoms with Crippen molar-refractivity contribution >= 4 is 11.9 Å². The summed E-state index contributed by atoms with van der Waals surface area (Å²) in [6.45, 7) is 1.94. The zero-order chi connectivity index (χ0) is 17.2. The standard InChI is InChI=1S/C19H19NO4/c1-19(11-13-7-3-5-9-15(13)17(21)24-19)18(22)20-12-14-8-4-6-10-16(14)23-2/h3-10H,11-12H2,1-2H3,(H,20,22)/t19-/m1/s1. The highest BCUT2D eigenvalue weighted by atomic mass is 16.6. The molecule has 0 fully saturated rings. The van der Waals surface area contributed by atoms with Gasteiger partial charge in [-0.1, -0.05) is 36.4 Å². The molecule has 0 saturated carbocycles. The summed E-state index contributed by atoms with van der Waals surface area (Å²) in [6.07, 6.45) is 0.354. The van der Waals surface area contributed by atoms with Crippen molar-refractivity contribution in [2.24, 2.45) is 0 Å². The predicted molar refractivity (Wildman–Crippen MR) is 88.8 cm³/mol. The number of benzene rings is 2. The summed E-state index contributed by atoms with van der Waals surface area (Å²) < 4.78 is 10.7. The first-order valence-corrected chi connectivity index (χ1v) is 7.75. The smallest absolute Gasteiger partial charge is 0.339 e. The van der Waals surface area contributed by atoms with Crippen LogP contribution in [0.1, 0.15) is 28.4 Å². The Hall–Kier alpha value is -2.82. The number of carbonyl (C=O) groups excluding carboxylic acids is 2. The van der Waals surface area contributed by atoms with Gasteiger partial charge in [-0.15, -0.1) is 0 Å². The number of esters is 1. The number of fused-ring (bicyclic) bond motifs is 1. The van der Waals surface area contributed by atoms with E-state index in [1.165, 1.54) is 0 Å². The van der Waals surface area contributed by atoms with Crippen LogP contribution in [0.15, 0.2) is 48.5 Å². The van der Waals surface area contributed by atoms with Gasteiger partial charge in [0.15, 0.2) is 5.60 Å². The summed E-state index contributed by atoms with van der Waals surface area (Å²) >= 11 is 0. The maximum absolute atomic E-state index is 12.6. The van der Waals surface area contributed by atoms with Crippen LogP contribution in [-0.4, -0.2) is 24.6 Å². The summed E-state index contributed by atoms with van der Waals surface area (Å²) in [4.78, 5) is 24.8. The second-order valence-corrected chi connectivity index (χ2v) is 5.95. The molecule has 0 spiro atoms. The van der Waals surface area contributed by atoms with Crippen LogP contribution in [0.4, 0.5) is 0 Å². The predicted octanol–water partition coefficient (Wildman–Crippen LogP) is 2.48. The van der Waals surface area contributed by atoms with Crippen LogP contribution in [0.2, 0.25) is 0 Å². The molecule has 0 radical (unpaired) electrons. The molecule has 5 heteroatoms. The first kappa shape index (κ1) is 16.1. The SMILES string of the molecule is COc1ccccc1CNC(=O)[C@@]1(C)Cc2ccccc2C(=O)O1. The van der Waals surface area contributed by atoms with E-state index in [0.29, 0.717) is 24.3 Å². The molecule has 1 amide bonds. The van der Waals surface area contributed by atoms with E-state index in [1.807, 2.05) is 36.4 Å². The van der Waals surface area contributed by atoms with Crippen molar-refractivity contribution in [1.82, 2.24) is 5.32 Å². The molecule has 1 aliphatic heterocycles. The lowest BCUT2D eigenvalue weighted by atomic mass is 9.89. The van der Waals surface area contributed by atoms with Crippen molar-refractivity contribution in [1.29, 1.82) is 0 Å². The van der Waals surface area contributed by atoms with Crippen molar-refractivity contribution in [3.8, 4) is 5.75 Å². The molecule has 1 atom stereocenters. The van der Waals surface area contributed by atoms with Crippen LogP contribution in [0.25, 0.3) is 0 Å². The molecular weight excluding hydrogens is 306 g/mol. The highest BCUT2D eigenvalue weighted by Crippen LogP contribution is 2.28. The molecule has 0 saturated heterocycles. The second-order valence-electron chi connectivity index (χ2n) is 5.95. The van der Waals surface area contributed by atoms with Gasteiger partial charge in [0, 0.05) is 18.5 Å². The number of para-hydroxylation sites is 1. The normalized spacial score (nSPS) is 19.2. The number of cyclic esters (lactones) is 1. The second kappa shape index (κ2) is 6.35. The maximum atomic E-state index is 12.6. The van der Waals surface area contributed by atoms with Gasteiger partial charge in [0.1, 0.15) is 5.75 Å². The molecule has 1 heterocycles. The number of nitrogens with one attached hydrogen (secondary N) is 1. The average Bonchev–Trinajstić information content (AvgIpc) is 2.59. The molecule has 0 unspecified atom stereocenters. The molecule has 124 valence electrons. The monoisotopic (exact) mass is 325 g/mol. The van der Waals surface area contributed by atoms with Gasteiger partial charge >= 0.3 is 5.97 Å². The maximum Gasteiger partial charge on any atom is 0.339 e. The molecule has 1 N–H and O–H groups in total. The van der Waals surface area contributed by atoms with Crippen molar-refractivity contribution in [2.45, 2.75) is 25.5 Å². The largest absolute Gasteiger partial charge is 0.496 e. The number of amides is 1. The van der Waals surface area contributed by atoms with E-state index in [9.17, 15) is 9.59 Å². The van der Waals surface area contributed by atoms with Crippen LogP contribution in [0.5, 0.6) is 5.75 Å². The van der Waals surface area contributed by atoms with E-state index in [-0.39, 0.29) is 5.91 Å². The van der Waals surface area contributed by atoms with Crippen molar-refractivity contribution < 1.29 is 19.1 Å². The summed E-state index contributed by atoms with van der Waals surface area (Å²) in [6, 6.07) is 14.7. The highest BCUT2D eigenvalue weighted by molar-refractivity contribution is 5.97.